The van der Waals surface area contributed by atoms with Crippen LogP contribution >= 0.6 is 0 Å². The first-order valence-electron chi connectivity index (χ1n) is 6.25. The van der Waals surface area contributed by atoms with Gasteiger partial charge in [-0.25, -0.2) is 4.79 Å². The molecule has 0 amide bonds. The average molecular weight is 286 g/mol. The van der Waals surface area contributed by atoms with E-state index in [1.807, 2.05) is 0 Å². The van der Waals surface area contributed by atoms with Crippen molar-refractivity contribution in [2.45, 2.75) is 0 Å². The van der Waals surface area contributed by atoms with Gasteiger partial charge in [0.2, 0.25) is 12.5 Å². The molecule has 1 N–H and O–H groups in total. The van der Waals surface area contributed by atoms with E-state index in [9.17, 15) is 9.90 Å². The van der Waals surface area contributed by atoms with Gasteiger partial charge in [-0.1, -0.05) is 0 Å². The van der Waals surface area contributed by atoms with Gasteiger partial charge in [-0.2, -0.15) is 0 Å². The highest BCUT2D eigenvalue weighted by molar-refractivity contribution is 6.07. The molecule has 0 atom stereocenters. The average Bonchev–Trinajstić information content (AvgIpc) is 2.93. The summed E-state index contributed by atoms with van der Waals surface area (Å²) in [6, 6.07) is 6.49. The monoisotopic (exact) mass is 286 g/mol. The molecule has 1 aliphatic heterocycles. The minimum absolute atomic E-state index is 0.0896. The quantitative estimate of drug-likeness (QED) is 0.546. The second kappa shape index (κ2) is 4.05. The highest BCUT2D eigenvalue weighted by Gasteiger charge is 2.20. The number of aromatic hydroxyl groups is 1. The summed E-state index contributed by atoms with van der Waals surface area (Å²) < 4.78 is 21.0. The molecule has 6 heteroatoms. The van der Waals surface area contributed by atoms with Crippen LogP contribution in [0.4, 0.5) is 0 Å². The summed E-state index contributed by atoms with van der Waals surface area (Å²) in [4.78, 5) is 12.2. The Kier molecular flexibility index (Phi) is 2.29. The van der Waals surface area contributed by atoms with Gasteiger partial charge in [0.1, 0.15) is 0 Å². The summed E-state index contributed by atoms with van der Waals surface area (Å²) in [5.74, 6) is 1.12. The molecule has 0 aliphatic carbocycles. The van der Waals surface area contributed by atoms with Crippen LogP contribution in [-0.2, 0) is 0 Å². The summed E-state index contributed by atoms with van der Waals surface area (Å²) in [5.41, 5.74) is -0.325. The van der Waals surface area contributed by atoms with Crippen LogP contribution in [0.15, 0.2) is 33.5 Å². The van der Waals surface area contributed by atoms with Crippen molar-refractivity contribution in [1.29, 1.82) is 0 Å². The molecule has 0 saturated carbocycles. The normalized spacial score (nSPS) is 13.0. The largest absolute Gasteiger partial charge is 0.504 e. The lowest BCUT2D eigenvalue weighted by atomic mass is 10.1. The van der Waals surface area contributed by atoms with Crippen LogP contribution in [0.1, 0.15) is 0 Å². The maximum Gasteiger partial charge on any atom is 0.344 e. The van der Waals surface area contributed by atoms with E-state index < -0.39 is 5.63 Å². The predicted octanol–water partition coefficient (Wildman–Crippen LogP) is 2.39. The topological polar surface area (TPSA) is 78.1 Å². The van der Waals surface area contributed by atoms with E-state index in [0.717, 1.165) is 0 Å². The van der Waals surface area contributed by atoms with Crippen molar-refractivity contribution in [3.8, 4) is 23.0 Å². The van der Waals surface area contributed by atoms with E-state index >= 15 is 0 Å². The summed E-state index contributed by atoms with van der Waals surface area (Å²) >= 11 is 0. The number of benzene rings is 2. The van der Waals surface area contributed by atoms with Gasteiger partial charge in [0.25, 0.3) is 0 Å². The molecule has 0 spiro atoms. The molecule has 0 unspecified atom stereocenters. The zero-order valence-corrected chi connectivity index (χ0v) is 11.0. The fourth-order valence-electron chi connectivity index (χ4n) is 2.54. The van der Waals surface area contributed by atoms with Crippen molar-refractivity contribution in [2.24, 2.45) is 0 Å². The van der Waals surface area contributed by atoms with E-state index in [4.69, 9.17) is 18.6 Å². The van der Waals surface area contributed by atoms with Gasteiger partial charge in [-0.05, 0) is 24.3 Å². The Hall–Kier alpha value is -2.89. The molecule has 3 aromatic rings. The van der Waals surface area contributed by atoms with Gasteiger partial charge in [0, 0.05) is 10.8 Å². The van der Waals surface area contributed by atoms with Gasteiger partial charge in [0.15, 0.2) is 22.8 Å². The number of hydrogen-bond donors (Lipinski definition) is 1. The van der Waals surface area contributed by atoms with Gasteiger partial charge in [0.05, 0.1) is 12.5 Å². The van der Waals surface area contributed by atoms with Crippen LogP contribution < -0.4 is 19.8 Å². The molecule has 4 rings (SSSR count). The Morgan fingerprint density at radius 3 is 2.52 bits per heavy atom. The van der Waals surface area contributed by atoms with Crippen molar-refractivity contribution in [2.75, 3.05) is 13.9 Å². The first kappa shape index (κ1) is 11.9. The zero-order chi connectivity index (χ0) is 14.6. The van der Waals surface area contributed by atoms with Crippen LogP contribution in [-0.4, -0.2) is 19.0 Å². The van der Waals surface area contributed by atoms with E-state index in [1.54, 1.807) is 18.2 Å². The smallest absolute Gasteiger partial charge is 0.344 e. The first-order chi connectivity index (χ1) is 10.2. The molecule has 0 fully saturated rings. The molecular weight excluding hydrogens is 276 g/mol. The lowest BCUT2D eigenvalue weighted by Gasteiger charge is -2.08. The standard InChI is InChI=1S/C15H10O6/c1-18-14-10(16)3-2-7-8-4-11-12(20-6-19-11)5-9(8)15(17)21-13(7)14/h2-5,16H,6H2,1H3. The molecule has 0 bridgehead atoms. The lowest BCUT2D eigenvalue weighted by Crippen LogP contribution is -2.01. The van der Waals surface area contributed by atoms with Gasteiger partial charge >= 0.3 is 5.63 Å². The van der Waals surface area contributed by atoms with Crippen LogP contribution in [0.2, 0.25) is 0 Å². The predicted molar refractivity (Wildman–Crippen MR) is 74.3 cm³/mol. The number of ether oxygens (including phenoxy) is 3. The molecule has 1 aliphatic rings. The minimum Gasteiger partial charge on any atom is -0.504 e. The van der Waals surface area contributed by atoms with Crippen molar-refractivity contribution in [1.82, 2.24) is 0 Å². The van der Waals surface area contributed by atoms with Crippen LogP contribution in [0.25, 0.3) is 21.7 Å². The van der Waals surface area contributed by atoms with E-state index in [2.05, 4.69) is 0 Å². The fraction of sp³-hybridized carbons (Fsp3) is 0.133. The Morgan fingerprint density at radius 2 is 1.81 bits per heavy atom. The maximum absolute atomic E-state index is 12.2. The first-order valence-corrected chi connectivity index (χ1v) is 6.25. The third-order valence-electron chi connectivity index (χ3n) is 3.51. The van der Waals surface area contributed by atoms with E-state index in [0.29, 0.717) is 27.7 Å². The van der Waals surface area contributed by atoms with Gasteiger partial charge in [-0.15, -0.1) is 0 Å². The molecule has 6 nitrogen and oxygen atoms in total. The number of methoxy groups -OCH3 is 1. The minimum atomic E-state index is -0.528. The van der Waals surface area contributed by atoms with Gasteiger partial charge < -0.3 is 23.7 Å². The van der Waals surface area contributed by atoms with Crippen LogP contribution in [0.5, 0.6) is 23.0 Å². The van der Waals surface area contributed by atoms with Crippen LogP contribution in [0.3, 0.4) is 0 Å². The molecule has 0 saturated heterocycles. The van der Waals surface area contributed by atoms with Crippen molar-refractivity contribution < 1.29 is 23.7 Å². The zero-order valence-electron chi connectivity index (χ0n) is 11.0. The summed E-state index contributed by atoms with van der Waals surface area (Å²) in [6.45, 7) is 0.124. The van der Waals surface area contributed by atoms with E-state index in [-0.39, 0.29) is 23.9 Å². The number of rotatable bonds is 1. The fourth-order valence-corrected chi connectivity index (χ4v) is 2.54. The summed E-state index contributed by atoms with van der Waals surface area (Å²) in [7, 11) is 1.40. The number of phenolic OH excluding ortho intramolecular Hbond substituents is 1. The molecule has 21 heavy (non-hydrogen) atoms. The summed E-state index contributed by atoms with van der Waals surface area (Å²) in [6.07, 6.45) is 0. The number of phenols is 1. The number of hydrogen-bond acceptors (Lipinski definition) is 6. The van der Waals surface area contributed by atoms with Crippen molar-refractivity contribution in [3.63, 3.8) is 0 Å². The van der Waals surface area contributed by atoms with Crippen molar-refractivity contribution >= 4 is 21.7 Å². The highest BCUT2D eigenvalue weighted by atomic mass is 16.7. The van der Waals surface area contributed by atoms with Gasteiger partial charge in [-0.3, -0.25) is 0 Å². The second-order valence-electron chi connectivity index (χ2n) is 4.64. The summed E-state index contributed by atoms with van der Waals surface area (Å²) in [5, 5.41) is 11.5. The third kappa shape index (κ3) is 1.56. The molecule has 2 heterocycles. The van der Waals surface area contributed by atoms with E-state index in [1.165, 1.54) is 13.2 Å². The Bertz CT molecular complexity index is 940. The SMILES string of the molecule is COc1c(O)ccc2c1oc(=O)c1cc3c(cc12)OCO3. The maximum atomic E-state index is 12.2. The molecule has 0 radical (unpaired) electrons. The highest BCUT2D eigenvalue weighted by Crippen LogP contribution is 2.41. The van der Waals surface area contributed by atoms with Crippen LogP contribution in [0, 0.1) is 0 Å². The number of fused-ring (bicyclic) bond motifs is 4. The Balaban J connectivity index is 2.22. The third-order valence-corrected chi connectivity index (χ3v) is 3.51. The Labute approximate surface area is 118 Å². The lowest BCUT2D eigenvalue weighted by molar-refractivity contribution is 0.174. The molecule has 106 valence electrons. The second-order valence-corrected chi connectivity index (χ2v) is 4.64. The Morgan fingerprint density at radius 1 is 1.10 bits per heavy atom. The molecule has 1 aromatic heterocycles. The molecular formula is C15H10O6. The van der Waals surface area contributed by atoms with Crippen molar-refractivity contribution in [3.05, 3.63) is 34.7 Å². The molecule has 2 aromatic carbocycles.